The van der Waals surface area contributed by atoms with E-state index < -0.39 is 30.0 Å². The summed E-state index contributed by atoms with van der Waals surface area (Å²) in [6.07, 6.45) is 0.975. The Morgan fingerprint density at radius 1 is 1.08 bits per heavy atom. The lowest BCUT2D eigenvalue weighted by Gasteiger charge is -2.06. The van der Waals surface area contributed by atoms with Gasteiger partial charge in [0.15, 0.2) is 5.96 Å². The first-order chi connectivity index (χ1) is 11.0. The van der Waals surface area contributed by atoms with Crippen molar-refractivity contribution in [2.24, 2.45) is 22.9 Å². The van der Waals surface area contributed by atoms with Gasteiger partial charge >= 0.3 is 17.9 Å². The fourth-order valence-electron chi connectivity index (χ4n) is 0.747. The summed E-state index contributed by atoms with van der Waals surface area (Å²) in [4.78, 5) is 29.2. The van der Waals surface area contributed by atoms with Gasteiger partial charge in [-0.25, -0.2) is 0 Å². The molecule has 0 amide bonds. The lowest BCUT2D eigenvalue weighted by atomic mass is 10.2. The molecule has 13 heteroatoms. The molecule has 0 radical (unpaired) electrons. The largest absolute Gasteiger partial charge is 0.480 e. The Hall–Kier alpha value is -2.09. The quantitative estimate of drug-likeness (QED) is 0.0892. The zero-order valence-corrected chi connectivity index (χ0v) is 13.9. The molecule has 0 fully saturated rings. The van der Waals surface area contributed by atoms with Crippen molar-refractivity contribution in [1.82, 2.24) is 5.32 Å². The number of carboxylic acids is 3. The molecule has 0 bridgehead atoms. The molecule has 142 valence electrons. The van der Waals surface area contributed by atoms with Crippen LogP contribution in [0.4, 0.5) is 0 Å². The van der Waals surface area contributed by atoms with Crippen LogP contribution in [0.1, 0.15) is 12.8 Å². The summed E-state index contributed by atoms with van der Waals surface area (Å²) >= 11 is 3.65. The summed E-state index contributed by atoms with van der Waals surface area (Å²) in [5.41, 5.74) is 19.7. The molecule has 0 aromatic carbocycles. The van der Waals surface area contributed by atoms with Gasteiger partial charge in [0.1, 0.15) is 12.1 Å². The van der Waals surface area contributed by atoms with Gasteiger partial charge in [0, 0.05) is 12.3 Å². The minimum absolute atomic E-state index is 0.112. The van der Waals surface area contributed by atoms with E-state index in [0.717, 1.165) is 0 Å². The van der Waals surface area contributed by atoms with Gasteiger partial charge in [0.05, 0.1) is 6.54 Å². The van der Waals surface area contributed by atoms with E-state index in [9.17, 15) is 14.4 Å². The van der Waals surface area contributed by atoms with E-state index in [4.69, 9.17) is 37.9 Å². The van der Waals surface area contributed by atoms with Gasteiger partial charge in [-0.1, -0.05) is 0 Å². The van der Waals surface area contributed by atoms with Gasteiger partial charge < -0.3 is 43.6 Å². The zero-order chi connectivity index (χ0) is 19.7. The highest BCUT2D eigenvalue weighted by atomic mass is 32.1. The van der Waals surface area contributed by atoms with Crippen LogP contribution in [0.15, 0.2) is 0 Å². The van der Waals surface area contributed by atoms with E-state index in [1.54, 1.807) is 0 Å². The number of rotatable bonds is 8. The number of aliphatic carboxylic acids is 3. The second-order valence-corrected chi connectivity index (χ2v) is 4.52. The number of thiol groups is 1. The van der Waals surface area contributed by atoms with Crippen LogP contribution < -0.4 is 28.3 Å². The maximum atomic E-state index is 10.2. The Balaban J connectivity index is -0.000000311. The van der Waals surface area contributed by atoms with Gasteiger partial charge in [-0.2, -0.15) is 12.6 Å². The van der Waals surface area contributed by atoms with Crippen molar-refractivity contribution in [2.45, 2.75) is 24.9 Å². The van der Waals surface area contributed by atoms with E-state index in [1.165, 1.54) is 0 Å². The molecule has 0 saturated carbocycles. The van der Waals surface area contributed by atoms with E-state index in [1.807, 2.05) is 0 Å². The third-order valence-electron chi connectivity index (χ3n) is 2.01. The first kappa shape index (κ1) is 26.8. The lowest BCUT2D eigenvalue weighted by Crippen LogP contribution is -2.34. The maximum absolute atomic E-state index is 10.2. The molecule has 0 aliphatic rings. The summed E-state index contributed by atoms with van der Waals surface area (Å²) in [5.74, 6) is -2.90. The Kier molecular flexibility index (Phi) is 19.3. The Bertz CT molecular complexity index is 397. The van der Waals surface area contributed by atoms with Gasteiger partial charge in [-0.15, -0.1) is 0 Å². The molecule has 0 aromatic heterocycles. The summed E-state index contributed by atoms with van der Waals surface area (Å²) < 4.78 is 0. The second-order valence-electron chi connectivity index (χ2n) is 4.15. The summed E-state index contributed by atoms with van der Waals surface area (Å²) in [6, 6.07) is -1.64. The molecular weight excluding hydrogens is 344 g/mol. The standard InChI is InChI=1S/C6H14N4O2.C3H7NO2S.C2H5NO2/c7-4(5(11)12)2-1-3-10-6(8)9;4-2(1-7)3(5)6;3-1-2(4)5/h4H,1-3,7H2,(H,11,12)(H4,8,9,10);2,7H,1,4H2,(H,5,6);1,3H2,(H,4,5)/t4-;2-;/m00./s1. The molecular formula is C11H26N6O6S. The molecule has 12 nitrogen and oxygen atoms in total. The topological polar surface area (TPSA) is 252 Å². The number of nitrogens with two attached hydrogens (primary N) is 4. The Morgan fingerprint density at radius 2 is 1.50 bits per heavy atom. The van der Waals surface area contributed by atoms with Gasteiger partial charge in [0.2, 0.25) is 0 Å². The van der Waals surface area contributed by atoms with Crippen molar-refractivity contribution >= 4 is 36.5 Å². The lowest BCUT2D eigenvalue weighted by molar-refractivity contribution is -0.139. The van der Waals surface area contributed by atoms with Gasteiger partial charge in [-0.3, -0.25) is 19.8 Å². The average Bonchev–Trinajstić information content (AvgIpc) is 2.51. The van der Waals surface area contributed by atoms with Crippen molar-refractivity contribution in [3.8, 4) is 0 Å². The van der Waals surface area contributed by atoms with Crippen LogP contribution in [0.2, 0.25) is 0 Å². The number of hydrogen-bond donors (Lipinski definition) is 10. The summed E-state index contributed by atoms with van der Waals surface area (Å²) in [7, 11) is 0. The number of hydrogen-bond acceptors (Lipinski definition) is 8. The van der Waals surface area contributed by atoms with E-state index in [-0.39, 0.29) is 18.3 Å². The first-order valence-corrected chi connectivity index (χ1v) is 7.20. The first-order valence-electron chi connectivity index (χ1n) is 6.56. The summed E-state index contributed by atoms with van der Waals surface area (Å²) in [6.45, 7) is 0.205. The normalized spacial score (nSPS) is 11.5. The molecule has 2 atom stereocenters. The molecule has 0 heterocycles. The van der Waals surface area contributed by atoms with Gasteiger partial charge in [0.25, 0.3) is 0 Å². The number of guanidine groups is 1. The van der Waals surface area contributed by atoms with Crippen molar-refractivity contribution in [3.05, 3.63) is 0 Å². The van der Waals surface area contributed by atoms with Crippen LogP contribution in [0, 0.1) is 5.41 Å². The molecule has 0 spiro atoms. The molecule has 13 N–H and O–H groups in total. The van der Waals surface area contributed by atoms with Crippen LogP contribution in [0.5, 0.6) is 0 Å². The van der Waals surface area contributed by atoms with E-state index in [2.05, 4.69) is 23.7 Å². The minimum Gasteiger partial charge on any atom is -0.480 e. The third-order valence-corrected chi connectivity index (χ3v) is 2.41. The van der Waals surface area contributed by atoms with Crippen LogP contribution in [-0.2, 0) is 14.4 Å². The minimum atomic E-state index is -1.00. The third kappa shape index (κ3) is 24.9. The maximum Gasteiger partial charge on any atom is 0.321 e. The van der Waals surface area contributed by atoms with E-state index in [0.29, 0.717) is 19.4 Å². The molecule has 0 rings (SSSR count). The van der Waals surface area contributed by atoms with Crippen LogP contribution in [0.25, 0.3) is 0 Å². The fourth-order valence-corrected chi connectivity index (χ4v) is 0.903. The van der Waals surface area contributed by atoms with E-state index >= 15 is 0 Å². The predicted octanol–water partition coefficient (Wildman–Crippen LogP) is -2.98. The molecule has 0 aromatic rings. The summed E-state index contributed by atoms with van der Waals surface area (Å²) in [5, 5.41) is 33.3. The molecule has 0 aliphatic heterocycles. The Morgan fingerprint density at radius 3 is 1.71 bits per heavy atom. The van der Waals surface area contributed by atoms with Crippen molar-refractivity contribution in [2.75, 3.05) is 18.8 Å². The number of carbonyl (C=O) groups is 3. The average molecular weight is 370 g/mol. The zero-order valence-electron chi connectivity index (χ0n) is 13.0. The monoisotopic (exact) mass is 370 g/mol. The Labute approximate surface area is 144 Å². The molecule has 0 unspecified atom stereocenters. The predicted molar refractivity (Wildman–Crippen MR) is 90.9 cm³/mol. The van der Waals surface area contributed by atoms with Crippen LogP contribution in [0.3, 0.4) is 0 Å². The second kappa shape index (κ2) is 17.3. The van der Waals surface area contributed by atoms with Crippen molar-refractivity contribution < 1.29 is 29.7 Å². The van der Waals surface area contributed by atoms with Gasteiger partial charge in [-0.05, 0) is 12.8 Å². The highest BCUT2D eigenvalue weighted by Gasteiger charge is 2.09. The highest BCUT2D eigenvalue weighted by Crippen LogP contribution is 1.92. The molecule has 24 heavy (non-hydrogen) atoms. The molecule has 0 saturated heterocycles. The van der Waals surface area contributed by atoms with Crippen molar-refractivity contribution in [1.29, 1.82) is 5.41 Å². The smallest absolute Gasteiger partial charge is 0.321 e. The number of nitrogens with one attached hydrogen (secondary N) is 2. The fraction of sp³-hybridized carbons (Fsp3) is 0.636. The van der Waals surface area contributed by atoms with Crippen LogP contribution >= 0.6 is 12.6 Å². The van der Waals surface area contributed by atoms with Crippen molar-refractivity contribution in [3.63, 3.8) is 0 Å². The molecule has 0 aliphatic carbocycles. The highest BCUT2D eigenvalue weighted by molar-refractivity contribution is 7.80. The number of carboxylic acid groups (broad SMARTS) is 3. The SMILES string of the molecule is N=C(N)NCCC[C@H](N)C(=O)O.NCC(=O)O.N[C@@H](CS)C(=O)O. The van der Waals surface area contributed by atoms with Crippen LogP contribution in [-0.4, -0.2) is 70.1 Å².